The van der Waals surface area contributed by atoms with Crippen LogP contribution in [0.5, 0.6) is 0 Å². The van der Waals surface area contributed by atoms with Gasteiger partial charge < -0.3 is 0 Å². The van der Waals surface area contributed by atoms with E-state index in [9.17, 15) is 61.5 Å². The molecule has 0 saturated heterocycles. The second kappa shape index (κ2) is 4.26. The first-order valence-corrected chi connectivity index (χ1v) is 3.90. The quantitative estimate of drug-likeness (QED) is 0.564. The van der Waals surface area contributed by atoms with Crippen molar-refractivity contribution in [2.45, 2.75) is 36.0 Å². The summed E-state index contributed by atoms with van der Waals surface area (Å²) in [6.07, 6.45) is -13.2. The first-order chi connectivity index (χ1) is 8.25. The van der Waals surface area contributed by atoms with E-state index in [0.717, 1.165) is 0 Å². The van der Waals surface area contributed by atoms with Crippen LogP contribution in [0.1, 0.15) is 0 Å². The number of rotatable bonds is 0. The normalized spacial score (nSPS) is 23.7. The fourth-order valence-electron chi connectivity index (χ4n) is 0.517. The Morgan fingerprint density at radius 3 is 0.550 bits per heavy atom. The second-order valence-corrected chi connectivity index (χ2v) is 3.29. The van der Waals surface area contributed by atoms with Crippen LogP contribution in [-0.4, -0.2) is 36.0 Å². The summed E-state index contributed by atoms with van der Waals surface area (Å²) in [5, 5.41) is 0. The van der Waals surface area contributed by atoms with Gasteiger partial charge in [-0.1, -0.05) is 0 Å². The Kier molecular flexibility index (Phi) is 4.05. The van der Waals surface area contributed by atoms with Gasteiger partial charge in [0.05, 0.1) is 0 Å². The van der Waals surface area contributed by atoms with Gasteiger partial charge in [-0.2, -0.15) is 61.5 Å². The van der Waals surface area contributed by atoms with Crippen molar-refractivity contribution in [2.75, 3.05) is 0 Å². The highest BCUT2D eigenvalue weighted by atomic mass is 19.5. The summed E-state index contributed by atoms with van der Waals surface area (Å²) in [6, 6.07) is 0. The zero-order valence-corrected chi connectivity index (χ0v) is 8.29. The molecule has 0 aromatic carbocycles. The van der Waals surface area contributed by atoms with Crippen LogP contribution in [0, 0.1) is 0 Å². The molecule has 0 aromatic heterocycles. The van der Waals surface area contributed by atoms with Gasteiger partial charge in [0, 0.05) is 0 Å². The lowest BCUT2D eigenvalue weighted by Gasteiger charge is -2.21. The van der Waals surface area contributed by atoms with Crippen LogP contribution in [0.4, 0.5) is 61.5 Å². The topological polar surface area (TPSA) is 0 Å². The number of hydrogen-bond acceptors (Lipinski definition) is 0. The molecule has 20 heavy (non-hydrogen) atoms. The fourth-order valence-corrected chi connectivity index (χ4v) is 0.517. The molecule has 0 aromatic rings. The maximum absolute atomic E-state index is 11.2. The molecule has 0 nitrogen and oxygen atoms in total. The smallest absolute Gasteiger partial charge is 0.192 e. The van der Waals surface area contributed by atoms with E-state index in [2.05, 4.69) is 0 Å². The van der Waals surface area contributed by atoms with E-state index in [-0.39, 0.29) is 0 Å². The minimum absolute atomic E-state index is 5.12. The number of alkyl halides is 14. The molecule has 0 spiro atoms. The third-order valence-corrected chi connectivity index (χ3v) is 1.83. The molecule has 14 heteroatoms. The second-order valence-electron chi connectivity index (χ2n) is 3.29. The van der Waals surface area contributed by atoms with Gasteiger partial charge >= 0.3 is 36.0 Å². The van der Waals surface area contributed by atoms with Gasteiger partial charge in [-0.05, 0) is 0 Å². The highest BCUT2D eigenvalue weighted by molar-refractivity contribution is 5.22. The molecule has 1 saturated carbocycles. The lowest BCUT2D eigenvalue weighted by Crippen LogP contribution is -2.49. The third kappa shape index (κ3) is 2.47. The van der Waals surface area contributed by atoms with Crippen LogP contribution in [0.25, 0.3) is 0 Å². The van der Waals surface area contributed by atoms with Crippen LogP contribution in [0.15, 0.2) is 0 Å². The predicted octanol–water partition coefficient (Wildman–Crippen LogP) is 4.65. The van der Waals surface area contributed by atoms with E-state index < -0.39 is 36.0 Å². The summed E-state index contributed by atoms with van der Waals surface area (Å²) in [5.74, 6) is -22.0. The first kappa shape index (κ1) is 19.0. The van der Waals surface area contributed by atoms with Crippen molar-refractivity contribution >= 4 is 0 Å². The van der Waals surface area contributed by atoms with Gasteiger partial charge in [0.15, 0.2) is 0 Å². The van der Waals surface area contributed by atoms with Crippen molar-refractivity contribution in [2.24, 2.45) is 0 Å². The molecule has 0 heterocycles. The molecule has 0 amide bonds. The van der Waals surface area contributed by atoms with Gasteiger partial charge in [-0.3, -0.25) is 0 Å². The summed E-state index contributed by atoms with van der Waals surface area (Å²) in [7, 11) is 0. The van der Waals surface area contributed by atoms with E-state index in [1.165, 1.54) is 0 Å². The average molecular weight is 338 g/mol. The summed E-state index contributed by atoms with van der Waals surface area (Å²) in [5.41, 5.74) is 0. The van der Waals surface area contributed by atoms with Crippen molar-refractivity contribution in [3.8, 4) is 0 Å². The van der Waals surface area contributed by atoms with Crippen LogP contribution >= 0.6 is 0 Å². The highest BCUT2D eigenvalue weighted by Gasteiger charge is 3.01. The molecule has 0 unspecified atom stereocenters. The monoisotopic (exact) mass is 338 g/mol. The zero-order chi connectivity index (χ0) is 17.0. The summed E-state index contributed by atoms with van der Waals surface area (Å²) >= 11 is 0. The van der Waals surface area contributed by atoms with Gasteiger partial charge in [0.2, 0.25) is 0 Å². The Morgan fingerprint density at radius 1 is 0.400 bits per heavy atom. The maximum atomic E-state index is 11.2. The van der Waals surface area contributed by atoms with E-state index in [1.54, 1.807) is 0 Å². The highest BCUT2D eigenvalue weighted by Crippen LogP contribution is 2.68. The van der Waals surface area contributed by atoms with Crippen molar-refractivity contribution < 1.29 is 61.5 Å². The average Bonchev–Trinajstić information content (AvgIpc) is 2.39. The van der Waals surface area contributed by atoms with Crippen LogP contribution < -0.4 is 0 Å². The van der Waals surface area contributed by atoms with Crippen LogP contribution in [-0.2, 0) is 0 Å². The van der Waals surface area contributed by atoms with Gasteiger partial charge in [-0.15, -0.1) is 0 Å². The standard InChI is InChI=1S/C3F8.C3F6/c4-1(5,2(6,7)8)3(9,10)11;4-1(5)2(6,7)3(1,8)9. The summed E-state index contributed by atoms with van der Waals surface area (Å²) in [6.45, 7) is 0. The Morgan fingerprint density at radius 2 is 0.550 bits per heavy atom. The molecule has 1 rings (SSSR count). The molecule has 0 aliphatic heterocycles. The zero-order valence-electron chi connectivity index (χ0n) is 8.29. The predicted molar refractivity (Wildman–Crippen MR) is 31.9 cm³/mol. The van der Waals surface area contributed by atoms with Gasteiger partial charge in [0.1, 0.15) is 0 Å². The van der Waals surface area contributed by atoms with Crippen molar-refractivity contribution in [3.63, 3.8) is 0 Å². The molecule has 0 bridgehead atoms. The largest absolute Gasteiger partial charge is 0.463 e. The molecule has 122 valence electrons. The minimum atomic E-state index is -6.62. The first-order valence-electron chi connectivity index (χ1n) is 3.90. The molecule has 0 atom stereocenters. The molecule has 0 radical (unpaired) electrons. The molecule has 1 fully saturated rings. The van der Waals surface area contributed by atoms with E-state index in [4.69, 9.17) is 0 Å². The molecule has 1 aliphatic rings. The Bertz CT molecular complexity index is 298. The van der Waals surface area contributed by atoms with Crippen LogP contribution in [0.2, 0.25) is 0 Å². The summed E-state index contributed by atoms with van der Waals surface area (Å²) < 4.78 is 155. The van der Waals surface area contributed by atoms with Gasteiger partial charge in [-0.25, -0.2) is 0 Å². The Hall–Kier alpha value is -0.980. The van der Waals surface area contributed by atoms with Crippen molar-refractivity contribution in [3.05, 3.63) is 0 Å². The van der Waals surface area contributed by atoms with Crippen molar-refractivity contribution in [1.29, 1.82) is 0 Å². The Labute approximate surface area is 98.9 Å². The van der Waals surface area contributed by atoms with Crippen LogP contribution in [0.3, 0.4) is 0 Å². The molecule has 0 N–H and O–H groups in total. The van der Waals surface area contributed by atoms with Gasteiger partial charge in [0.25, 0.3) is 0 Å². The SMILES string of the molecule is FC(F)(F)C(F)(F)C(F)(F)F.FC1(F)C(F)(F)C1(F)F. The van der Waals surface area contributed by atoms with E-state index in [1.807, 2.05) is 0 Å². The van der Waals surface area contributed by atoms with E-state index in [0.29, 0.717) is 0 Å². The lowest BCUT2D eigenvalue weighted by molar-refractivity contribution is -0.389. The number of halogens is 14. The number of hydrogen-bond donors (Lipinski definition) is 0. The maximum Gasteiger partial charge on any atom is 0.463 e. The third-order valence-electron chi connectivity index (χ3n) is 1.83. The Balaban J connectivity index is 0.000000367. The fraction of sp³-hybridized carbons (Fsp3) is 1.00. The van der Waals surface area contributed by atoms with Crippen molar-refractivity contribution in [1.82, 2.24) is 0 Å². The van der Waals surface area contributed by atoms with E-state index >= 15 is 0 Å². The minimum Gasteiger partial charge on any atom is -0.192 e. The summed E-state index contributed by atoms with van der Waals surface area (Å²) in [4.78, 5) is 0. The molecular formula is C6F14. The molecular weight excluding hydrogens is 338 g/mol. The lowest BCUT2D eigenvalue weighted by atomic mass is 10.3. The molecule has 1 aliphatic carbocycles.